The van der Waals surface area contributed by atoms with Gasteiger partial charge in [0.05, 0.1) is 0 Å². The van der Waals surface area contributed by atoms with Crippen LogP contribution in [0.5, 0.6) is 0 Å². The fourth-order valence-electron chi connectivity index (χ4n) is 5.00. The highest BCUT2D eigenvalue weighted by molar-refractivity contribution is 4.90. The minimum atomic E-state index is 0.384. The van der Waals surface area contributed by atoms with E-state index in [0.717, 1.165) is 25.4 Å². The van der Waals surface area contributed by atoms with Crippen LogP contribution in [0.2, 0.25) is 0 Å². The van der Waals surface area contributed by atoms with Gasteiger partial charge in [-0.2, -0.15) is 0 Å². The molecule has 4 atom stereocenters. The van der Waals surface area contributed by atoms with Crippen LogP contribution in [0.15, 0.2) is 12.8 Å². The van der Waals surface area contributed by atoms with Crippen LogP contribution in [0.4, 0.5) is 0 Å². The van der Waals surface area contributed by atoms with Crippen molar-refractivity contribution in [1.29, 1.82) is 0 Å². The zero-order valence-electron chi connectivity index (χ0n) is 17.8. The minimum absolute atomic E-state index is 0.384. The van der Waals surface area contributed by atoms with E-state index in [0.29, 0.717) is 22.7 Å². The second-order valence-corrected chi connectivity index (χ2v) is 8.63. The van der Waals surface area contributed by atoms with Gasteiger partial charge >= 0.3 is 0 Å². The molecule has 0 aromatic carbocycles. The van der Waals surface area contributed by atoms with Crippen molar-refractivity contribution < 1.29 is 0 Å². The van der Waals surface area contributed by atoms with Crippen LogP contribution in [0, 0.1) is 28.6 Å². The van der Waals surface area contributed by atoms with Gasteiger partial charge in [-0.1, -0.05) is 61.5 Å². The Bertz CT molecular complexity index is 339. The second-order valence-electron chi connectivity index (χ2n) is 8.63. The largest absolute Gasteiger partial charge is 0.391 e. The van der Waals surface area contributed by atoms with Gasteiger partial charge in [-0.05, 0) is 73.4 Å². The zero-order chi connectivity index (χ0) is 18.8. The predicted octanol–water partition coefficient (Wildman–Crippen LogP) is 5.98. The summed E-state index contributed by atoms with van der Waals surface area (Å²) in [5.41, 5.74) is 6.78. The molecule has 0 saturated heterocycles. The fraction of sp³-hybridized carbons (Fsp3) is 0.909. The molecule has 4 unspecified atom stereocenters. The van der Waals surface area contributed by atoms with E-state index in [1.165, 1.54) is 32.1 Å². The molecule has 3 N–H and O–H groups in total. The maximum atomic E-state index is 5.99. The van der Waals surface area contributed by atoms with Gasteiger partial charge in [-0.25, -0.2) is 0 Å². The van der Waals surface area contributed by atoms with Crippen LogP contribution in [0.3, 0.4) is 0 Å². The van der Waals surface area contributed by atoms with E-state index in [1.54, 1.807) is 0 Å². The molecule has 24 heavy (non-hydrogen) atoms. The number of hydrogen-bond acceptors (Lipinski definition) is 2. The van der Waals surface area contributed by atoms with Crippen molar-refractivity contribution in [1.82, 2.24) is 5.32 Å². The Morgan fingerprint density at radius 3 is 2.08 bits per heavy atom. The summed E-state index contributed by atoms with van der Waals surface area (Å²) in [5.74, 6) is 2.12. The van der Waals surface area contributed by atoms with E-state index in [2.05, 4.69) is 60.4 Å². The van der Waals surface area contributed by atoms with Gasteiger partial charge < -0.3 is 11.1 Å². The summed E-state index contributed by atoms with van der Waals surface area (Å²) in [4.78, 5) is 0. The van der Waals surface area contributed by atoms with Gasteiger partial charge in [0.15, 0.2) is 0 Å². The smallest absolute Gasteiger partial charge is 0.0146 e. The van der Waals surface area contributed by atoms with Crippen molar-refractivity contribution in [3.8, 4) is 0 Å². The van der Waals surface area contributed by atoms with Crippen molar-refractivity contribution in [2.45, 2.75) is 87.0 Å². The normalized spacial score (nSPS) is 19.4. The highest BCUT2D eigenvalue weighted by atomic mass is 14.8. The molecule has 0 rings (SSSR count). The average Bonchev–Trinajstić information content (AvgIpc) is 2.52. The van der Waals surface area contributed by atoms with Crippen molar-refractivity contribution in [3.63, 3.8) is 0 Å². The molecule has 0 aliphatic carbocycles. The summed E-state index contributed by atoms with van der Waals surface area (Å²) >= 11 is 0. The standard InChI is InChI=1S/C22H46N2/c1-9-12-21(8,14-16-24-11-3)19(6)17-20(7)22(10-2,13-15-23)18(4)5/h11,18-20,24H,3,9-10,12-17,23H2,1-2,4-8H3. The summed E-state index contributed by atoms with van der Waals surface area (Å²) < 4.78 is 0. The molecule has 0 heterocycles. The summed E-state index contributed by atoms with van der Waals surface area (Å²) in [6, 6.07) is 0. The van der Waals surface area contributed by atoms with E-state index in [1.807, 2.05) is 6.20 Å². The van der Waals surface area contributed by atoms with E-state index in [-0.39, 0.29) is 0 Å². The Balaban J connectivity index is 5.16. The third-order valence-electron chi connectivity index (χ3n) is 7.10. The molecule has 2 heteroatoms. The summed E-state index contributed by atoms with van der Waals surface area (Å²) in [5, 5.41) is 3.30. The topological polar surface area (TPSA) is 38.0 Å². The van der Waals surface area contributed by atoms with Crippen LogP contribution in [-0.4, -0.2) is 13.1 Å². The lowest BCUT2D eigenvalue weighted by Crippen LogP contribution is -2.39. The quantitative estimate of drug-likeness (QED) is 0.382. The molecule has 0 amide bonds. The molecular weight excluding hydrogens is 292 g/mol. The van der Waals surface area contributed by atoms with Crippen LogP contribution in [0.25, 0.3) is 0 Å². The lowest BCUT2D eigenvalue weighted by atomic mass is 9.60. The SMILES string of the molecule is C=CNCCC(C)(CCC)C(C)CC(C)C(CC)(CCN)C(C)C. The molecule has 0 spiro atoms. The molecule has 0 fully saturated rings. The third kappa shape index (κ3) is 6.10. The molecule has 0 aliphatic heterocycles. The fourth-order valence-corrected chi connectivity index (χ4v) is 5.00. The lowest BCUT2D eigenvalue weighted by Gasteiger charge is -2.46. The Morgan fingerprint density at radius 2 is 1.67 bits per heavy atom. The molecule has 0 saturated carbocycles. The Morgan fingerprint density at radius 1 is 1.04 bits per heavy atom. The molecule has 0 bridgehead atoms. The molecule has 144 valence electrons. The highest BCUT2D eigenvalue weighted by Gasteiger charge is 2.40. The van der Waals surface area contributed by atoms with Crippen LogP contribution in [0.1, 0.15) is 87.0 Å². The van der Waals surface area contributed by atoms with E-state index >= 15 is 0 Å². The van der Waals surface area contributed by atoms with E-state index in [4.69, 9.17) is 5.73 Å². The Hall–Kier alpha value is -0.500. The first kappa shape index (κ1) is 23.5. The number of nitrogens with two attached hydrogens (primary N) is 1. The van der Waals surface area contributed by atoms with Crippen molar-refractivity contribution >= 4 is 0 Å². The van der Waals surface area contributed by atoms with Crippen LogP contribution >= 0.6 is 0 Å². The maximum Gasteiger partial charge on any atom is 0.0146 e. The second kappa shape index (κ2) is 11.2. The first-order valence-corrected chi connectivity index (χ1v) is 10.3. The average molecular weight is 339 g/mol. The number of hydrogen-bond donors (Lipinski definition) is 2. The molecule has 2 nitrogen and oxygen atoms in total. The van der Waals surface area contributed by atoms with Gasteiger partial charge in [0, 0.05) is 6.54 Å². The maximum absolute atomic E-state index is 5.99. The highest BCUT2D eigenvalue weighted by Crippen LogP contribution is 2.48. The van der Waals surface area contributed by atoms with E-state index in [9.17, 15) is 0 Å². The van der Waals surface area contributed by atoms with Gasteiger partial charge in [-0.3, -0.25) is 0 Å². The van der Waals surface area contributed by atoms with Crippen LogP contribution < -0.4 is 11.1 Å². The monoisotopic (exact) mass is 338 g/mol. The zero-order valence-corrected chi connectivity index (χ0v) is 17.8. The first-order valence-electron chi connectivity index (χ1n) is 10.3. The van der Waals surface area contributed by atoms with Gasteiger partial charge in [0.1, 0.15) is 0 Å². The lowest BCUT2D eigenvalue weighted by molar-refractivity contribution is 0.0422. The molecule has 0 aromatic rings. The third-order valence-corrected chi connectivity index (χ3v) is 7.10. The summed E-state index contributed by atoms with van der Waals surface area (Å²) in [6.07, 6.45) is 9.29. The Labute approximate surface area is 153 Å². The van der Waals surface area contributed by atoms with E-state index < -0.39 is 0 Å². The molecule has 0 radical (unpaired) electrons. The van der Waals surface area contributed by atoms with Crippen molar-refractivity contribution in [2.75, 3.05) is 13.1 Å². The molecule has 0 aliphatic rings. The summed E-state index contributed by atoms with van der Waals surface area (Å²) in [7, 11) is 0. The Kier molecular flexibility index (Phi) is 10.9. The minimum Gasteiger partial charge on any atom is -0.391 e. The molecule has 0 aromatic heterocycles. The number of rotatable bonds is 14. The van der Waals surface area contributed by atoms with Crippen LogP contribution in [-0.2, 0) is 0 Å². The number of nitrogens with one attached hydrogen (secondary N) is 1. The summed E-state index contributed by atoms with van der Waals surface area (Å²) in [6.45, 7) is 22.5. The van der Waals surface area contributed by atoms with Gasteiger partial charge in [0.2, 0.25) is 0 Å². The van der Waals surface area contributed by atoms with Gasteiger partial charge in [-0.15, -0.1) is 0 Å². The predicted molar refractivity (Wildman–Crippen MR) is 110 cm³/mol. The van der Waals surface area contributed by atoms with Crippen molar-refractivity contribution in [3.05, 3.63) is 12.8 Å². The van der Waals surface area contributed by atoms with Crippen molar-refractivity contribution in [2.24, 2.45) is 34.3 Å². The molecular formula is C22H46N2. The van der Waals surface area contributed by atoms with Gasteiger partial charge in [0.25, 0.3) is 0 Å². The first-order chi connectivity index (χ1) is 11.2.